The van der Waals surface area contributed by atoms with Crippen LogP contribution in [0.25, 0.3) is 0 Å². The second kappa shape index (κ2) is 6.39. The number of piperazine rings is 1. The summed E-state index contributed by atoms with van der Waals surface area (Å²) in [7, 11) is 0. The van der Waals surface area contributed by atoms with Crippen molar-refractivity contribution in [2.45, 2.75) is 12.8 Å². The van der Waals surface area contributed by atoms with Crippen molar-refractivity contribution in [3.8, 4) is 0 Å². The van der Waals surface area contributed by atoms with Gasteiger partial charge in [0.25, 0.3) is 0 Å². The zero-order valence-electron chi connectivity index (χ0n) is 12.9. The van der Waals surface area contributed by atoms with E-state index in [0.29, 0.717) is 44.7 Å². The van der Waals surface area contributed by atoms with Crippen LogP contribution in [0.2, 0.25) is 5.02 Å². The molecule has 1 aliphatic heterocycles. The fourth-order valence-electron chi connectivity index (χ4n) is 2.82. The van der Waals surface area contributed by atoms with Crippen LogP contribution in [0, 0.1) is 11.2 Å². The molecule has 3 amide bonds. The zero-order chi connectivity index (χ0) is 17.3. The summed E-state index contributed by atoms with van der Waals surface area (Å²) in [5, 5.41) is 2.56. The lowest BCUT2D eigenvalue weighted by atomic mass is 10.0. The van der Waals surface area contributed by atoms with E-state index >= 15 is 0 Å². The van der Waals surface area contributed by atoms with Gasteiger partial charge in [-0.2, -0.15) is 0 Å². The largest absolute Gasteiger partial charge is 0.342 e. The lowest BCUT2D eigenvalue weighted by molar-refractivity contribution is -0.144. The Balaban J connectivity index is 1.66. The predicted molar refractivity (Wildman–Crippen MR) is 85.9 cm³/mol. The first kappa shape index (κ1) is 16.7. The highest BCUT2D eigenvalue weighted by Crippen LogP contribution is 2.48. The lowest BCUT2D eigenvalue weighted by Gasteiger charge is -2.34. The molecule has 1 saturated heterocycles. The topological polar surface area (TPSA) is 69.7 Å². The van der Waals surface area contributed by atoms with E-state index < -0.39 is 17.1 Å². The number of halogens is 2. The van der Waals surface area contributed by atoms with Gasteiger partial charge in [-0.15, -0.1) is 0 Å². The SMILES string of the molecule is O=CN1CCN(C(=O)C2(C(=O)Nc3ccc(F)c(Cl)c3)CC2)CC1. The fourth-order valence-corrected chi connectivity index (χ4v) is 3.00. The number of hydrogen-bond donors (Lipinski definition) is 1. The molecule has 0 spiro atoms. The van der Waals surface area contributed by atoms with E-state index in [1.165, 1.54) is 12.1 Å². The van der Waals surface area contributed by atoms with Gasteiger partial charge >= 0.3 is 0 Å². The van der Waals surface area contributed by atoms with Crippen LogP contribution in [0.1, 0.15) is 12.8 Å². The van der Waals surface area contributed by atoms with Gasteiger partial charge in [-0.3, -0.25) is 14.4 Å². The number of amides is 3. The van der Waals surface area contributed by atoms with Crippen LogP contribution in [0.3, 0.4) is 0 Å². The number of anilines is 1. The Hall–Kier alpha value is -2.15. The van der Waals surface area contributed by atoms with Crippen molar-refractivity contribution in [3.63, 3.8) is 0 Å². The summed E-state index contributed by atoms with van der Waals surface area (Å²) in [5.74, 6) is -1.17. The quantitative estimate of drug-likeness (QED) is 0.658. The van der Waals surface area contributed by atoms with Crippen molar-refractivity contribution in [2.24, 2.45) is 5.41 Å². The van der Waals surface area contributed by atoms with Crippen LogP contribution in [0.4, 0.5) is 10.1 Å². The summed E-state index contributed by atoms with van der Waals surface area (Å²) in [6.45, 7) is 1.80. The molecule has 6 nitrogen and oxygen atoms in total. The molecular formula is C16H17ClFN3O3. The first-order valence-corrected chi connectivity index (χ1v) is 8.09. The van der Waals surface area contributed by atoms with Gasteiger partial charge in [-0.25, -0.2) is 4.39 Å². The molecular weight excluding hydrogens is 337 g/mol. The molecule has 2 fully saturated rings. The number of rotatable bonds is 4. The molecule has 1 aromatic carbocycles. The number of nitrogens with one attached hydrogen (secondary N) is 1. The van der Waals surface area contributed by atoms with Crippen LogP contribution < -0.4 is 5.32 Å². The van der Waals surface area contributed by atoms with E-state index in [2.05, 4.69) is 5.32 Å². The molecule has 3 rings (SSSR count). The summed E-state index contributed by atoms with van der Waals surface area (Å²) in [6.07, 6.45) is 1.74. The van der Waals surface area contributed by atoms with Crippen molar-refractivity contribution >= 4 is 35.5 Å². The maximum atomic E-state index is 13.2. The highest BCUT2D eigenvalue weighted by molar-refractivity contribution is 6.31. The Labute approximate surface area is 143 Å². The summed E-state index contributed by atoms with van der Waals surface area (Å²) < 4.78 is 13.2. The van der Waals surface area contributed by atoms with Crippen molar-refractivity contribution < 1.29 is 18.8 Å². The van der Waals surface area contributed by atoms with Gasteiger partial charge in [0.1, 0.15) is 11.2 Å². The molecule has 0 aromatic heterocycles. The van der Waals surface area contributed by atoms with Crippen LogP contribution in [-0.2, 0) is 14.4 Å². The van der Waals surface area contributed by atoms with Crippen LogP contribution in [-0.4, -0.2) is 54.2 Å². The van der Waals surface area contributed by atoms with Gasteiger partial charge < -0.3 is 15.1 Å². The minimum Gasteiger partial charge on any atom is -0.342 e. The molecule has 2 aliphatic rings. The van der Waals surface area contributed by atoms with Gasteiger partial charge in [0.2, 0.25) is 18.2 Å². The van der Waals surface area contributed by atoms with E-state index in [1.54, 1.807) is 9.80 Å². The minimum absolute atomic E-state index is 0.0889. The number of hydrogen-bond acceptors (Lipinski definition) is 3. The Morgan fingerprint density at radius 1 is 1.21 bits per heavy atom. The average molecular weight is 354 g/mol. The Morgan fingerprint density at radius 3 is 2.42 bits per heavy atom. The summed E-state index contributed by atoms with van der Waals surface area (Å²) in [5.41, 5.74) is -0.694. The van der Waals surface area contributed by atoms with Crippen molar-refractivity contribution in [2.75, 3.05) is 31.5 Å². The van der Waals surface area contributed by atoms with Gasteiger partial charge in [-0.05, 0) is 31.0 Å². The Bertz CT molecular complexity index is 685. The van der Waals surface area contributed by atoms with Crippen LogP contribution in [0.5, 0.6) is 0 Å². The normalized spacial score (nSPS) is 18.9. The molecule has 0 atom stereocenters. The molecule has 1 N–H and O–H groups in total. The second-order valence-electron chi connectivity index (χ2n) is 6.10. The van der Waals surface area contributed by atoms with Crippen molar-refractivity contribution in [1.29, 1.82) is 0 Å². The second-order valence-corrected chi connectivity index (χ2v) is 6.51. The van der Waals surface area contributed by atoms with Crippen molar-refractivity contribution in [1.82, 2.24) is 9.80 Å². The van der Waals surface area contributed by atoms with Gasteiger partial charge in [0.05, 0.1) is 5.02 Å². The molecule has 24 heavy (non-hydrogen) atoms. The van der Waals surface area contributed by atoms with E-state index in [9.17, 15) is 18.8 Å². The highest BCUT2D eigenvalue weighted by atomic mass is 35.5. The predicted octanol–water partition coefficient (Wildman–Crippen LogP) is 1.50. The standard InChI is InChI=1S/C16H17ClFN3O3/c17-12-9-11(1-2-13(12)18)19-14(23)16(3-4-16)15(24)21-7-5-20(10-22)6-8-21/h1-2,9-10H,3-8H2,(H,19,23). The first-order valence-electron chi connectivity index (χ1n) is 7.71. The molecule has 0 unspecified atom stereocenters. The molecule has 1 aliphatic carbocycles. The van der Waals surface area contributed by atoms with Gasteiger partial charge in [-0.1, -0.05) is 11.6 Å². The Kier molecular flexibility index (Phi) is 4.45. The van der Waals surface area contributed by atoms with Crippen molar-refractivity contribution in [3.05, 3.63) is 29.0 Å². The third-order valence-corrected chi connectivity index (χ3v) is 4.81. The van der Waals surface area contributed by atoms with Crippen LogP contribution in [0.15, 0.2) is 18.2 Å². The summed E-state index contributed by atoms with van der Waals surface area (Å²) in [4.78, 5) is 39.2. The van der Waals surface area contributed by atoms with Gasteiger partial charge in [0.15, 0.2) is 0 Å². The van der Waals surface area contributed by atoms with Gasteiger partial charge in [0, 0.05) is 31.9 Å². The van der Waals surface area contributed by atoms with E-state index in [1.807, 2.05) is 0 Å². The molecule has 0 bridgehead atoms. The van der Waals surface area contributed by atoms with E-state index in [4.69, 9.17) is 11.6 Å². The maximum Gasteiger partial charge on any atom is 0.240 e. The highest BCUT2D eigenvalue weighted by Gasteiger charge is 2.58. The summed E-state index contributed by atoms with van der Waals surface area (Å²) >= 11 is 5.70. The lowest BCUT2D eigenvalue weighted by Crippen LogP contribution is -2.52. The number of nitrogens with zero attached hydrogens (tertiary/aromatic N) is 2. The zero-order valence-corrected chi connectivity index (χ0v) is 13.7. The minimum atomic E-state index is -1.05. The molecule has 128 valence electrons. The Morgan fingerprint density at radius 2 is 1.88 bits per heavy atom. The summed E-state index contributed by atoms with van der Waals surface area (Å²) in [6, 6.07) is 3.89. The molecule has 1 aromatic rings. The van der Waals surface area contributed by atoms with E-state index in [0.717, 1.165) is 12.5 Å². The number of carbonyl (C=O) groups excluding carboxylic acids is 3. The molecule has 8 heteroatoms. The van der Waals surface area contributed by atoms with E-state index in [-0.39, 0.29) is 10.9 Å². The molecule has 1 saturated carbocycles. The fraction of sp³-hybridized carbons (Fsp3) is 0.438. The van der Waals surface area contributed by atoms with Crippen LogP contribution >= 0.6 is 11.6 Å². The third kappa shape index (κ3) is 3.08. The first-order chi connectivity index (χ1) is 11.5. The number of carbonyl (C=O) groups is 3. The third-order valence-electron chi connectivity index (χ3n) is 4.52. The number of benzene rings is 1. The molecule has 0 radical (unpaired) electrons. The monoisotopic (exact) mass is 353 g/mol. The average Bonchev–Trinajstić information content (AvgIpc) is 3.39. The maximum absolute atomic E-state index is 13.2. The smallest absolute Gasteiger partial charge is 0.240 e. The molecule has 1 heterocycles.